The molecule has 0 radical (unpaired) electrons. The number of carboxylic acids is 2. The van der Waals surface area contributed by atoms with Crippen LogP contribution in [0.4, 0.5) is 0 Å². The fourth-order valence-corrected chi connectivity index (χ4v) is 1.23. The Morgan fingerprint density at radius 3 is 2.12 bits per heavy atom. The highest BCUT2D eigenvalue weighted by Crippen LogP contribution is 1.99. The number of rotatable bonds is 9. The van der Waals surface area contributed by atoms with Crippen LogP contribution in [0.1, 0.15) is 19.3 Å². The lowest BCUT2D eigenvalue weighted by Crippen LogP contribution is -2.36. The summed E-state index contributed by atoms with van der Waals surface area (Å²) in [5.41, 5.74) is 0. The first-order valence-corrected chi connectivity index (χ1v) is 5.17. The molecule has 0 saturated heterocycles. The summed E-state index contributed by atoms with van der Waals surface area (Å²) in [7, 11) is 1.37. The van der Waals surface area contributed by atoms with E-state index >= 15 is 0 Å². The van der Waals surface area contributed by atoms with Gasteiger partial charge < -0.3 is 19.8 Å². The Hall–Kier alpha value is -1.63. The van der Waals surface area contributed by atoms with Crippen molar-refractivity contribution in [2.24, 2.45) is 0 Å². The summed E-state index contributed by atoms with van der Waals surface area (Å²) in [6.45, 7) is 0.158. The number of methoxy groups -OCH3 is 1. The van der Waals surface area contributed by atoms with E-state index in [0.29, 0.717) is 6.42 Å². The molecule has 0 bridgehead atoms. The Kier molecular flexibility index (Phi) is 7.70. The van der Waals surface area contributed by atoms with Gasteiger partial charge in [-0.25, -0.2) is 0 Å². The van der Waals surface area contributed by atoms with Gasteiger partial charge >= 0.3 is 11.9 Å². The van der Waals surface area contributed by atoms with Crippen molar-refractivity contribution >= 4 is 17.8 Å². The largest absolute Gasteiger partial charge is 0.481 e. The van der Waals surface area contributed by atoms with Crippen LogP contribution < -0.4 is 0 Å². The molecule has 2 N–H and O–H groups in total. The highest BCUT2D eigenvalue weighted by molar-refractivity contribution is 5.78. The van der Waals surface area contributed by atoms with E-state index in [4.69, 9.17) is 10.2 Å². The van der Waals surface area contributed by atoms with E-state index in [1.807, 2.05) is 0 Å². The molecule has 0 rings (SSSR count). The molecule has 7 heteroatoms. The van der Waals surface area contributed by atoms with Gasteiger partial charge in [0.05, 0.1) is 6.42 Å². The molecule has 0 heterocycles. The van der Waals surface area contributed by atoms with E-state index in [2.05, 4.69) is 4.74 Å². The third kappa shape index (κ3) is 8.21. The van der Waals surface area contributed by atoms with Crippen LogP contribution >= 0.6 is 0 Å². The predicted molar refractivity (Wildman–Crippen MR) is 57.6 cm³/mol. The Bertz CT molecular complexity index is 278. The van der Waals surface area contributed by atoms with Crippen molar-refractivity contribution in [1.29, 1.82) is 0 Å². The van der Waals surface area contributed by atoms with Crippen LogP contribution in [0.15, 0.2) is 0 Å². The molecule has 0 fully saturated rings. The summed E-state index contributed by atoms with van der Waals surface area (Å²) < 4.78 is 4.66. The van der Waals surface area contributed by atoms with Gasteiger partial charge in [-0.2, -0.15) is 0 Å². The molecule has 0 spiro atoms. The molecule has 0 unspecified atom stereocenters. The van der Waals surface area contributed by atoms with Gasteiger partial charge in [-0.05, 0) is 6.42 Å². The normalized spacial score (nSPS) is 9.94. The fourth-order valence-electron chi connectivity index (χ4n) is 1.23. The molecule has 98 valence electrons. The van der Waals surface area contributed by atoms with Crippen molar-refractivity contribution in [3.8, 4) is 0 Å². The monoisotopic (exact) mass is 247 g/mol. The third-order valence-electron chi connectivity index (χ3n) is 2.03. The van der Waals surface area contributed by atoms with Gasteiger partial charge in [0, 0.05) is 26.6 Å². The summed E-state index contributed by atoms with van der Waals surface area (Å²) in [6, 6.07) is 0. The average Bonchev–Trinajstić information content (AvgIpc) is 2.22. The van der Waals surface area contributed by atoms with Crippen molar-refractivity contribution in [2.45, 2.75) is 19.3 Å². The fraction of sp³-hybridized carbons (Fsp3) is 0.700. The molecule has 1 amide bonds. The minimum Gasteiger partial charge on any atom is -0.481 e. The number of ether oxygens (including phenoxy) is 1. The van der Waals surface area contributed by atoms with Gasteiger partial charge in [-0.1, -0.05) is 0 Å². The topological polar surface area (TPSA) is 104 Å². The number of nitrogens with zero attached hydrogens (tertiary/aromatic N) is 1. The highest BCUT2D eigenvalue weighted by Gasteiger charge is 2.14. The van der Waals surface area contributed by atoms with Crippen LogP contribution in [0.5, 0.6) is 0 Å². The zero-order valence-corrected chi connectivity index (χ0v) is 9.72. The van der Waals surface area contributed by atoms with Gasteiger partial charge in [-0.15, -0.1) is 0 Å². The standard InChI is InChI=1S/C10H17NO6/c1-17-7-8(12)11(6-4-10(15)16)5-2-3-9(13)14/h2-7H2,1H3,(H,13,14)(H,15,16). The second kappa shape index (κ2) is 8.51. The molecule has 0 saturated carbocycles. The SMILES string of the molecule is COCC(=O)N(CCCC(=O)O)CCC(=O)O. The van der Waals surface area contributed by atoms with Gasteiger partial charge in [-0.3, -0.25) is 14.4 Å². The van der Waals surface area contributed by atoms with Crippen LogP contribution in [0, 0.1) is 0 Å². The van der Waals surface area contributed by atoms with Gasteiger partial charge in [0.25, 0.3) is 0 Å². The van der Waals surface area contributed by atoms with Gasteiger partial charge in [0.2, 0.25) is 5.91 Å². The van der Waals surface area contributed by atoms with E-state index < -0.39 is 11.9 Å². The lowest BCUT2D eigenvalue weighted by atomic mass is 10.2. The molecule has 0 aromatic heterocycles. The van der Waals surface area contributed by atoms with Crippen molar-refractivity contribution < 1.29 is 29.3 Å². The molecule has 17 heavy (non-hydrogen) atoms. The van der Waals surface area contributed by atoms with E-state index in [1.54, 1.807) is 0 Å². The highest BCUT2D eigenvalue weighted by atomic mass is 16.5. The lowest BCUT2D eigenvalue weighted by Gasteiger charge is -2.21. The van der Waals surface area contributed by atoms with Crippen molar-refractivity contribution in [3.05, 3.63) is 0 Å². The Balaban J connectivity index is 4.14. The van der Waals surface area contributed by atoms with Crippen molar-refractivity contribution in [3.63, 3.8) is 0 Å². The van der Waals surface area contributed by atoms with Crippen molar-refractivity contribution in [2.75, 3.05) is 26.8 Å². The second-order valence-corrected chi connectivity index (χ2v) is 3.45. The van der Waals surface area contributed by atoms with Crippen LogP contribution in [-0.2, 0) is 19.1 Å². The minimum absolute atomic E-state index is 0.0518. The first kappa shape index (κ1) is 15.4. The number of amides is 1. The predicted octanol–water partition coefficient (Wildman–Crippen LogP) is -0.199. The maximum absolute atomic E-state index is 11.5. The molecule has 0 aliphatic rings. The van der Waals surface area contributed by atoms with E-state index in [1.165, 1.54) is 12.0 Å². The molecule has 0 aromatic rings. The molecule has 0 aliphatic carbocycles. The molecular weight excluding hydrogens is 230 g/mol. The minimum atomic E-state index is -1.00. The maximum atomic E-state index is 11.5. The Labute approximate surface area is 99.0 Å². The van der Waals surface area contributed by atoms with Crippen LogP contribution in [0.25, 0.3) is 0 Å². The summed E-state index contributed by atoms with van der Waals surface area (Å²) in [4.78, 5) is 33.5. The van der Waals surface area contributed by atoms with Crippen LogP contribution in [-0.4, -0.2) is 59.8 Å². The number of carbonyl (C=O) groups is 3. The number of aliphatic carboxylic acids is 2. The quantitative estimate of drug-likeness (QED) is 0.584. The number of hydrogen-bond donors (Lipinski definition) is 2. The smallest absolute Gasteiger partial charge is 0.305 e. The Morgan fingerprint density at radius 1 is 1.06 bits per heavy atom. The summed E-state index contributed by atoms with van der Waals surface area (Å²) in [6.07, 6.45) is 0.0801. The molecule has 7 nitrogen and oxygen atoms in total. The first-order valence-electron chi connectivity index (χ1n) is 5.17. The van der Waals surface area contributed by atoms with Crippen LogP contribution in [0.2, 0.25) is 0 Å². The van der Waals surface area contributed by atoms with Gasteiger partial charge in [0.1, 0.15) is 6.61 Å². The van der Waals surface area contributed by atoms with E-state index in [-0.39, 0.29) is 38.4 Å². The first-order chi connectivity index (χ1) is 7.97. The lowest BCUT2D eigenvalue weighted by molar-refractivity contribution is -0.141. The van der Waals surface area contributed by atoms with E-state index in [9.17, 15) is 14.4 Å². The molecular formula is C10H17NO6. The van der Waals surface area contributed by atoms with Crippen LogP contribution in [0.3, 0.4) is 0 Å². The molecule has 0 atom stereocenters. The second-order valence-electron chi connectivity index (χ2n) is 3.45. The average molecular weight is 247 g/mol. The maximum Gasteiger partial charge on any atom is 0.305 e. The van der Waals surface area contributed by atoms with Gasteiger partial charge in [0.15, 0.2) is 0 Å². The molecule has 0 aliphatic heterocycles. The third-order valence-corrected chi connectivity index (χ3v) is 2.03. The number of carboxylic acid groups (broad SMARTS) is 2. The number of carbonyl (C=O) groups excluding carboxylic acids is 1. The number of hydrogen-bond acceptors (Lipinski definition) is 4. The van der Waals surface area contributed by atoms with E-state index in [0.717, 1.165) is 0 Å². The summed E-state index contributed by atoms with van der Waals surface area (Å²) in [5, 5.41) is 17.0. The summed E-state index contributed by atoms with van der Waals surface area (Å²) >= 11 is 0. The zero-order valence-electron chi connectivity index (χ0n) is 9.72. The van der Waals surface area contributed by atoms with Crippen molar-refractivity contribution in [1.82, 2.24) is 4.90 Å². The summed E-state index contributed by atoms with van der Waals surface area (Å²) in [5.74, 6) is -2.28. The molecule has 0 aromatic carbocycles. The Morgan fingerprint density at radius 2 is 1.65 bits per heavy atom. The zero-order chi connectivity index (χ0) is 13.3.